The van der Waals surface area contributed by atoms with Crippen molar-refractivity contribution >= 4 is 5.97 Å². The van der Waals surface area contributed by atoms with Gasteiger partial charge in [-0.05, 0) is 79.8 Å². The van der Waals surface area contributed by atoms with Crippen LogP contribution in [0.2, 0.25) is 0 Å². The lowest BCUT2D eigenvalue weighted by Crippen LogP contribution is -2.50. The largest absolute Gasteiger partial charge is 0.498 e. The zero-order valence-corrected chi connectivity index (χ0v) is 19.0. The zero-order chi connectivity index (χ0) is 20.6. The van der Waals surface area contributed by atoms with E-state index in [9.17, 15) is 4.79 Å². The van der Waals surface area contributed by atoms with Gasteiger partial charge in [0, 0.05) is 18.3 Å². The Morgan fingerprint density at radius 2 is 1.97 bits per heavy atom. The summed E-state index contributed by atoms with van der Waals surface area (Å²) in [6.07, 6.45) is 16.1. The molecule has 3 heteroatoms. The van der Waals surface area contributed by atoms with Crippen LogP contribution in [0.25, 0.3) is 0 Å². The molecule has 4 aliphatic rings. The van der Waals surface area contributed by atoms with Crippen molar-refractivity contribution in [2.24, 2.45) is 28.6 Å². The van der Waals surface area contributed by atoms with Gasteiger partial charge in [-0.2, -0.15) is 0 Å². The van der Waals surface area contributed by atoms with E-state index in [1.54, 1.807) is 0 Å². The summed E-state index contributed by atoms with van der Waals surface area (Å²) in [6, 6.07) is 0. The number of allylic oxidation sites excluding steroid dienone is 4. The molecule has 0 aromatic rings. The fourth-order valence-corrected chi connectivity index (χ4v) is 7.15. The quantitative estimate of drug-likeness (QED) is 0.373. The van der Waals surface area contributed by atoms with Crippen LogP contribution in [0.1, 0.15) is 91.9 Å². The predicted octanol–water partition coefficient (Wildman–Crippen LogP) is 6.58. The van der Waals surface area contributed by atoms with Crippen molar-refractivity contribution in [3.8, 4) is 0 Å². The molecule has 4 aliphatic carbocycles. The third-order valence-electron chi connectivity index (χ3n) is 8.99. The highest BCUT2D eigenvalue weighted by atomic mass is 16.5. The van der Waals surface area contributed by atoms with E-state index in [0.717, 1.165) is 37.7 Å². The summed E-state index contributed by atoms with van der Waals surface area (Å²) < 4.78 is 12.0. The van der Waals surface area contributed by atoms with Gasteiger partial charge in [0.15, 0.2) is 0 Å². The first-order chi connectivity index (χ1) is 13.9. The average molecular weight is 401 g/mol. The van der Waals surface area contributed by atoms with Crippen LogP contribution in [0.5, 0.6) is 0 Å². The van der Waals surface area contributed by atoms with E-state index in [1.807, 2.05) is 6.92 Å². The van der Waals surface area contributed by atoms with Crippen LogP contribution in [0.3, 0.4) is 0 Å². The van der Waals surface area contributed by atoms with Crippen molar-refractivity contribution in [1.29, 1.82) is 0 Å². The van der Waals surface area contributed by atoms with Gasteiger partial charge in [-0.25, -0.2) is 0 Å². The number of carbonyl (C=O) groups is 1. The molecule has 3 nitrogen and oxygen atoms in total. The van der Waals surface area contributed by atoms with E-state index in [0.29, 0.717) is 17.8 Å². The highest BCUT2D eigenvalue weighted by Gasteiger charge is 2.59. The molecule has 0 amide bonds. The Kier molecular flexibility index (Phi) is 5.88. The summed E-state index contributed by atoms with van der Waals surface area (Å²) in [5.41, 5.74) is 2.00. The number of hydrogen-bond acceptors (Lipinski definition) is 3. The van der Waals surface area contributed by atoms with Crippen molar-refractivity contribution in [2.45, 2.75) is 98.0 Å². The van der Waals surface area contributed by atoms with Crippen LogP contribution in [0.4, 0.5) is 0 Å². The second-order valence-corrected chi connectivity index (χ2v) is 10.5. The van der Waals surface area contributed by atoms with Gasteiger partial charge in [0.25, 0.3) is 0 Å². The summed E-state index contributed by atoms with van der Waals surface area (Å²) >= 11 is 0. The number of hydrogen-bond donors (Lipinski definition) is 0. The summed E-state index contributed by atoms with van der Waals surface area (Å²) in [5, 5.41) is 0. The van der Waals surface area contributed by atoms with E-state index in [1.165, 1.54) is 49.9 Å². The number of ether oxygens (including phenoxy) is 2. The molecule has 0 aromatic heterocycles. The van der Waals surface area contributed by atoms with Gasteiger partial charge >= 0.3 is 5.97 Å². The minimum Gasteiger partial charge on any atom is -0.498 e. The van der Waals surface area contributed by atoms with Crippen LogP contribution in [0, 0.1) is 28.6 Å². The lowest BCUT2D eigenvalue weighted by molar-refractivity contribution is -0.158. The number of esters is 1. The first-order valence-corrected chi connectivity index (χ1v) is 12.2. The molecule has 6 atom stereocenters. The van der Waals surface area contributed by atoms with E-state index in [2.05, 4.69) is 32.9 Å². The number of carbonyl (C=O) groups excluding carboxylic acids is 1. The normalized spacial score (nSPS) is 40.8. The van der Waals surface area contributed by atoms with Crippen molar-refractivity contribution in [2.75, 3.05) is 6.61 Å². The van der Waals surface area contributed by atoms with Gasteiger partial charge in [0.2, 0.25) is 0 Å². The maximum Gasteiger partial charge on any atom is 0.305 e. The molecular formula is C26H40O3. The van der Waals surface area contributed by atoms with Crippen molar-refractivity contribution < 1.29 is 14.3 Å². The monoisotopic (exact) mass is 400 g/mol. The van der Waals surface area contributed by atoms with Gasteiger partial charge in [0.1, 0.15) is 6.10 Å². The topological polar surface area (TPSA) is 35.5 Å². The van der Waals surface area contributed by atoms with E-state index < -0.39 is 0 Å². The minimum atomic E-state index is -0.0233. The Hall–Kier alpha value is -1.25. The summed E-state index contributed by atoms with van der Waals surface area (Å²) in [7, 11) is 0. The maximum absolute atomic E-state index is 12.0. The highest BCUT2D eigenvalue weighted by Crippen LogP contribution is 2.65. The molecule has 4 rings (SSSR count). The second-order valence-electron chi connectivity index (χ2n) is 10.5. The average Bonchev–Trinajstić information content (AvgIpc) is 3.04. The number of fused-ring (bicyclic) bond motifs is 5. The lowest BCUT2D eigenvalue weighted by atomic mass is 9.48. The second kappa shape index (κ2) is 8.12. The molecule has 0 bridgehead atoms. The molecular weight excluding hydrogens is 360 g/mol. The first-order valence-electron chi connectivity index (χ1n) is 12.2. The van der Waals surface area contributed by atoms with E-state index >= 15 is 0 Å². The Balaban J connectivity index is 1.52. The smallest absolute Gasteiger partial charge is 0.305 e. The first kappa shape index (κ1) is 21.0. The summed E-state index contributed by atoms with van der Waals surface area (Å²) in [4.78, 5) is 12.0. The fraction of sp³-hybridized carbons (Fsp3) is 0.808. The van der Waals surface area contributed by atoms with Crippen molar-refractivity contribution in [3.05, 3.63) is 23.5 Å². The standard InChI is InChI=1S/C26H40O3/c1-5-7-16-28-19-12-14-25(3)18(17-19)8-9-20-21-10-11-23(29-24(27)6-2)26(21,4)15-13-22(20)25/h8,17,20-23H,5-7,9-16H2,1-4H3/t20-,21-,22-,23+,25-,26-/m0/s1. The van der Waals surface area contributed by atoms with Crippen molar-refractivity contribution in [3.63, 3.8) is 0 Å². The lowest BCUT2D eigenvalue weighted by Gasteiger charge is -2.56. The molecule has 0 heterocycles. The van der Waals surface area contributed by atoms with Gasteiger partial charge in [-0.15, -0.1) is 0 Å². The summed E-state index contributed by atoms with van der Waals surface area (Å²) in [6.45, 7) is 9.90. The molecule has 0 saturated heterocycles. The maximum atomic E-state index is 12.0. The Labute approximate surface area is 177 Å². The molecule has 0 N–H and O–H groups in total. The van der Waals surface area contributed by atoms with Crippen LogP contribution >= 0.6 is 0 Å². The molecule has 2 saturated carbocycles. The Morgan fingerprint density at radius 3 is 2.72 bits per heavy atom. The molecule has 0 radical (unpaired) electrons. The zero-order valence-electron chi connectivity index (χ0n) is 19.0. The Morgan fingerprint density at radius 1 is 1.14 bits per heavy atom. The van der Waals surface area contributed by atoms with E-state index in [-0.39, 0.29) is 17.5 Å². The van der Waals surface area contributed by atoms with Crippen LogP contribution < -0.4 is 0 Å². The Bertz CT molecular complexity index is 692. The fourth-order valence-electron chi connectivity index (χ4n) is 7.15. The number of unbranched alkanes of at least 4 members (excludes halogenated alkanes) is 1. The molecule has 0 spiro atoms. The van der Waals surface area contributed by atoms with Gasteiger partial charge in [-0.3, -0.25) is 4.79 Å². The molecule has 2 fully saturated rings. The third-order valence-corrected chi connectivity index (χ3v) is 8.99. The molecule has 0 unspecified atom stereocenters. The van der Waals surface area contributed by atoms with E-state index in [4.69, 9.17) is 9.47 Å². The predicted molar refractivity (Wildman–Crippen MR) is 116 cm³/mol. The molecule has 162 valence electrons. The van der Waals surface area contributed by atoms with Gasteiger partial charge in [-0.1, -0.05) is 40.2 Å². The SMILES string of the molecule is CCCCOC1=CC2=CC[C@H]3[C@@H]4CC[C@@H](OC(=O)CC)[C@@]4(C)CC[C@@H]3[C@@]2(C)CC1. The van der Waals surface area contributed by atoms with Crippen LogP contribution in [0.15, 0.2) is 23.5 Å². The minimum absolute atomic E-state index is 0.0233. The molecule has 0 aliphatic heterocycles. The molecule has 0 aromatic carbocycles. The highest BCUT2D eigenvalue weighted by molar-refractivity contribution is 5.69. The van der Waals surface area contributed by atoms with Crippen molar-refractivity contribution in [1.82, 2.24) is 0 Å². The van der Waals surface area contributed by atoms with Gasteiger partial charge < -0.3 is 9.47 Å². The molecule has 29 heavy (non-hydrogen) atoms. The van der Waals surface area contributed by atoms with Crippen LogP contribution in [-0.4, -0.2) is 18.7 Å². The van der Waals surface area contributed by atoms with Crippen LogP contribution in [-0.2, 0) is 14.3 Å². The summed E-state index contributed by atoms with van der Waals surface area (Å²) in [5.74, 6) is 3.37. The number of rotatable bonds is 6. The van der Waals surface area contributed by atoms with Gasteiger partial charge in [0.05, 0.1) is 12.4 Å². The third kappa shape index (κ3) is 3.57.